The maximum atomic E-state index is 11.5. The fourth-order valence-corrected chi connectivity index (χ4v) is 2.23. The number of benzene rings is 2. The summed E-state index contributed by atoms with van der Waals surface area (Å²) in [6.07, 6.45) is 1.41. The Morgan fingerprint density at radius 3 is 2.63 bits per heavy atom. The first kappa shape index (κ1) is 20.1. The lowest BCUT2D eigenvalue weighted by molar-refractivity contribution is -0.386. The fourth-order valence-electron chi connectivity index (χ4n) is 2.18. The van der Waals surface area contributed by atoms with Crippen molar-refractivity contribution in [3.63, 3.8) is 0 Å². The summed E-state index contributed by atoms with van der Waals surface area (Å²) in [5, 5.41) is 18.5. The largest absolute Gasteiger partial charge is 0.493 e. The van der Waals surface area contributed by atoms with Gasteiger partial charge in [-0.25, -0.2) is 0 Å². The van der Waals surface area contributed by atoms with Gasteiger partial charge in [-0.1, -0.05) is 29.8 Å². The van der Waals surface area contributed by atoms with E-state index in [9.17, 15) is 10.1 Å². The molecule has 0 saturated heterocycles. The van der Waals surface area contributed by atoms with Crippen LogP contribution in [0.2, 0.25) is 0 Å². The molecule has 0 amide bonds. The zero-order valence-electron chi connectivity index (χ0n) is 15.2. The van der Waals surface area contributed by atoms with Gasteiger partial charge in [-0.15, -0.1) is 0 Å². The summed E-state index contributed by atoms with van der Waals surface area (Å²) >= 11 is 4.91. The maximum Gasteiger partial charge on any atom is 0.315 e. The summed E-state index contributed by atoms with van der Waals surface area (Å²) in [5.41, 5.74) is 4.86. The van der Waals surface area contributed by atoms with Crippen LogP contribution in [-0.4, -0.2) is 30.4 Å². The van der Waals surface area contributed by atoms with Crippen molar-refractivity contribution in [1.82, 2.24) is 10.7 Å². The average molecular weight is 388 g/mol. The lowest BCUT2D eigenvalue weighted by atomic mass is 10.1. The molecule has 142 valence electrons. The van der Waals surface area contributed by atoms with Gasteiger partial charge in [0.15, 0.2) is 10.9 Å². The van der Waals surface area contributed by atoms with Crippen molar-refractivity contribution >= 4 is 29.2 Å². The van der Waals surface area contributed by atoms with E-state index in [1.54, 1.807) is 13.1 Å². The Hall–Kier alpha value is -3.20. The van der Waals surface area contributed by atoms with E-state index >= 15 is 0 Å². The molecule has 0 radical (unpaired) electrons. The summed E-state index contributed by atoms with van der Waals surface area (Å²) in [7, 11) is 3.08. The third kappa shape index (κ3) is 5.65. The van der Waals surface area contributed by atoms with Crippen LogP contribution in [0.5, 0.6) is 11.5 Å². The van der Waals surface area contributed by atoms with Crippen molar-refractivity contribution in [2.45, 2.75) is 13.5 Å². The number of hydrogen-bond acceptors (Lipinski definition) is 6. The van der Waals surface area contributed by atoms with Crippen LogP contribution < -0.4 is 20.2 Å². The predicted octanol–water partition coefficient (Wildman–Crippen LogP) is 2.92. The van der Waals surface area contributed by atoms with Gasteiger partial charge in [0.1, 0.15) is 6.61 Å². The van der Waals surface area contributed by atoms with Crippen LogP contribution in [0.4, 0.5) is 5.69 Å². The number of nitro groups is 1. The molecule has 0 aromatic heterocycles. The quantitative estimate of drug-likeness (QED) is 0.326. The number of aryl methyl sites for hydroxylation is 1. The number of hydrogen-bond donors (Lipinski definition) is 2. The van der Waals surface area contributed by atoms with E-state index in [0.29, 0.717) is 10.7 Å². The second-order valence-electron chi connectivity index (χ2n) is 5.55. The zero-order valence-corrected chi connectivity index (χ0v) is 16.0. The van der Waals surface area contributed by atoms with E-state index in [4.69, 9.17) is 21.7 Å². The first-order valence-corrected chi connectivity index (χ1v) is 8.41. The number of hydrazone groups is 1. The third-order valence-electron chi connectivity index (χ3n) is 3.58. The van der Waals surface area contributed by atoms with E-state index in [0.717, 1.165) is 11.1 Å². The number of nitrogens with zero attached hydrogens (tertiary/aromatic N) is 2. The van der Waals surface area contributed by atoms with Crippen molar-refractivity contribution in [3.05, 3.63) is 63.2 Å². The Balaban J connectivity index is 2.28. The summed E-state index contributed by atoms with van der Waals surface area (Å²) < 4.78 is 11.0. The van der Waals surface area contributed by atoms with Crippen LogP contribution in [-0.2, 0) is 6.61 Å². The molecule has 9 heteroatoms. The standard InChI is InChI=1S/C18H20N4O4S/c1-12-4-6-13(7-5-12)11-26-17-15(22(23)24)8-14(9-16(17)25-3)10-20-21-18(27)19-2/h4-10H,11H2,1-3H3,(H2,19,21,27)/b20-10+. The van der Waals surface area contributed by atoms with Crippen LogP contribution in [0.15, 0.2) is 41.5 Å². The second-order valence-corrected chi connectivity index (χ2v) is 5.96. The minimum absolute atomic E-state index is 0.0685. The van der Waals surface area contributed by atoms with E-state index in [1.807, 2.05) is 31.2 Å². The molecule has 2 aromatic carbocycles. The molecule has 0 spiro atoms. The van der Waals surface area contributed by atoms with E-state index < -0.39 is 4.92 Å². The molecule has 8 nitrogen and oxygen atoms in total. The number of methoxy groups -OCH3 is 1. The minimum Gasteiger partial charge on any atom is -0.493 e. The molecular weight excluding hydrogens is 368 g/mol. The molecule has 0 saturated carbocycles. The number of nitro benzene ring substituents is 1. The molecule has 0 aliphatic heterocycles. The molecule has 0 unspecified atom stereocenters. The molecule has 0 aliphatic rings. The van der Waals surface area contributed by atoms with Gasteiger partial charge < -0.3 is 14.8 Å². The Bertz CT molecular complexity index is 853. The molecule has 27 heavy (non-hydrogen) atoms. The van der Waals surface area contributed by atoms with Crippen LogP contribution in [0.3, 0.4) is 0 Å². The predicted molar refractivity (Wildman–Crippen MR) is 108 cm³/mol. The molecule has 0 heterocycles. The molecule has 0 fully saturated rings. The Labute approximate surface area is 162 Å². The van der Waals surface area contributed by atoms with Gasteiger partial charge in [0.05, 0.1) is 18.2 Å². The lowest BCUT2D eigenvalue weighted by Crippen LogP contribution is -2.28. The van der Waals surface area contributed by atoms with E-state index in [1.165, 1.54) is 19.4 Å². The van der Waals surface area contributed by atoms with Gasteiger partial charge >= 0.3 is 5.69 Å². The highest BCUT2D eigenvalue weighted by Crippen LogP contribution is 2.38. The molecule has 0 aliphatic carbocycles. The molecule has 2 aromatic rings. The van der Waals surface area contributed by atoms with Crippen LogP contribution in [0.25, 0.3) is 0 Å². The van der Waals surface area contributed by atoms with Crippen LogP contribution >= 0.6 is 12.2 Å². The topological polar surface area (TPSA) is 98.0 Å². The average Bonchev–Trinajstić information content (AvgIpc) is 2.67. The molecular formula is C18H20N4O4S. The molecule has 2 rings (SSSR count). The Morgan fingerprint density at radius 1 is 1.33 bits per heavy atom. The van der Waals surface area contributed by atoms with Crippen molar-refractivity contribution < 1.29 is 14.4 Å². The summed E-state index contributed by atoms with van der Waals surface area (Å²) in [4.78, 5) is 11.0. The summed E-state index contributed by atoms with van der Waals surface area (Å²) in [6.45, 7) is 2.17. The molecule has 0 bridgehead atoms. The van der Waals surface area contributed by atoms with Gasteiger partial charge in [-0.05, 0) is 30.8 Å². The number of rotatable bonds is 7. The van der Waals surface area contributed by atoms with Gasteiger partial charge in [0, 0.05) is 18.7 Å². The fraction of sp³-hybridized carbons (Fsp3) is 0.222. The minimum atomic E-state index is -0.518. The van der Waals surface area contributed by atoms with Crippen LogP contribution in [0.1, 0.15) is 16.7 Å². The number of ether oxygens (including phenoxy) is 2. The van der Waals surface area contributed by atoms with Crippen molar-refractivity contribution in [2.24, 2.45) is 5.10 Å². The van der Waals surface area contributed by atoms with Crippen molar-refractivity contribution in [1.29, 1.82) is 0 Å². The smallest absolute Gasteiger partial charge is 0.315 e. The van der Waals surface area contributed by atoms with Gasteiger partial charge in [0.25, 0.3) is 0 Å². The van der Waals surface area contributed by atoms with Gasteiger partial charge in [-0.2, -0.15) is 5.10 Å². The van der Waals surface area contributed by atoms with E-state index in [-0.39, 0.29) is 23.8 Å². The normalized spacial score (nSPS) is 10.5. The highest BCUT2D eigenvalue weighted by atomic mass is 32.1. The summed E-state index contributed by atoms with van der Waals surface area (Å²) in [5.74, 6) is 0.313. The zero-order chi connectivity index (χ0) is 19.8. The number of thiocarbonyl (C=S) groups is 1. The second kappa shape index (κ2) is 9.48. The molecule has 0 atom stereocenters. The SMILES string of the molecule is CNC(=S)N/N=C/c1cc(OC)c(OCc2ccc(C)cc2)c([N+](=O)[O-])c1. The summed E-state index contributed by atoms with van der Waals surface area (Å²) in [6, 6.07) is 10.7. The third-order valence-corrected chi connectivity index (χ3v) is 3.88. The first-order valence-electron chi connectivity index (χ1n) is 8.00. The highest BCUT2D eigenvalue weighted by molar-refractivity contribution is 7.80. The Morgan fingerprint density at radius 2 is 2.04 bits per heavy atom. The van der Waals surface area contributed by atoms with E-state index in [2.05, 4.69) is 15.8 Å². The highest BCUT2D eigenvalue weighted by Gasteiger charge is 2.22. The first-order chi connectivity index (χ1) is 12.9. The van der Waals surface area contributed by atoms with Crippen LogP contribution in [0, 0.1) is 17.0 Å². The van der Waals surface area contributed by atoms with Gasteiger partial charge in [-0.3, -0.25) is 15.5 Å². The van der Waals surface area contributed by atoms with Crippen molar-refractivity contribution in [2.75, 3.05) is 14.2 Å². The molecule has 2 N–H and O–H groups in total. The van der Waals surface area contributed by atoms with Gasteiger partial charge in [0.2, 0.25) is 5.75 Å². The monoisotopic (exact) mass is 388 g/mol. The van der Waals surface area contributed by atoms with Crippen molar-refractivity contribution in [3.8, 4) is 11.5 Å². The Kier molecular flexibility index (Phi) is 7.07. The maximum absolute atomic E-state index is 11.5. The number of nitrogens with one attached hydrogen (secondary N) is 2. The lowest BCUT2D eigenvalue weighted by Gasteiger charge is -2.12.